The van der Waals surface area contributed by atoms with Gasteiger partial charge >= 0.3 is 5.69 Å². The summed E-state index contributed by atoms with van der Waals surface area (Å²) in [5, 5.41) is 20.0. The van der Waals surface area contributed by atoms with E-state index in [9.17, 15) is 20.0 Å². The first kappa shape index (κ1) is 12.1. The van der Waals surface area contributed by atoms with Crippen molar-refractivity contribution < 1.29 is 14.8 Å². The van der Waals surface area contributed by atoms with Crippen molar-refractivity contribution in [3.63, 3.8) is 0 Å². The number of hydrogen-bond acceptors (Lipinski definition) is 4. The molecule has 0 heterocycles. The largest absolute Gasteiger partial charge is 0.502 e. The molecule has 0 radical (unpaired) electrons. The van der Waals surface area contributed by atoms with E-state index in [2.05, 4.69) is 31.9 Å². The number of nitro benzene ring substituents is 1. The van der Waals surface area contributed by atoms with Crippen LogP contribution in [-0.2, 0) is 0 Å². The Morgan fingerprint density at radius 3 is 2.60 bits per heavy atom. The summed E-state index contributed by atoms with van der Waals surface area (Å²) in [6.07, 6.45) is 0. The molecule has 0 bridgehead atoms. The molecule has 1 rings (SSSR count). The minimum atomic E-state index is -0.745. The summed E-state index contributed by atoms with van der Waals surface area (Å²) >= 11 is 5.96. The highest BCUT2D eigenvalue weighted by atomic mass is 79.9. The van der Waals surface area contributed by atoms with Crippen LogP contribution in [0.15, 0.2) is 16.6 Å². The Bertz CT molecular complexity index is 433. The Hall–Kier alpha value is -0.950. The number of halogens is 2. The zero-order chi connectivity index (χ0) is 11.6. The average Bonchev–Trinajstić information content (AvgIpc) is 2.19. The van der Waals surface area contributed by atoms with Crippen LogP contribution in [0, 0.1) is 10.1 Å². The number of benzene rings is 1. The maximum atomic E-state index is 11.3. The second kappa shape index (κ2) is 4.71. The van der Waals surface area contributed by atoms with E-state index in [0.29, 0.717) is 4.47 Å². The number of carbonyl (C=O) groups is 1. The molecule has 1 aromatic rings. The second-order valence-corrected chi connectivity index (χ2v) is 4.11. The molecular weight excluding hydrogens is 334 g/mol. The smallest absolute Gasteiger partial charge is 0.312 e. The first-order valence-electron chi connectivity index (χ1n) is 3.73. The van der Waals surface area contributed by atoms with Crippen molar-refractivity contribution in [3.8, 4) is 5.75 Å². The van der Waals surface area contributed by atoms with Crippen LogP contribution < -0.4 is 0 Å². The fraction of sp³-hybridized carbons (Fsp3) is 0.125. The van der Waals surface area contributed by atoms with Crippen molar-refractivity contribution in [1.29, 1.82) is 0 Å². The molecular formula is C8H5Br2NO4. The van der Waals surface area contributed by atoms with E-state index in [1.807, 2.05) is 0 Å². The van der Waals surface area contributed by atoms with Gasteiger partial charge in [-0.05, 0) is 6.07 Å². The normalized spacial score (nSPS) is 10.0. The van der Waals surface area contributed by atoms with Gasteiger partial charge < -0.3 is 5.11 Å². The molecule has 15 heavy (non-hydrogen) atoms. The van der Waals surface area contributed by atoms with Gasteiger partial charge in [0.1, 0.15) is 0 Å². The summed E-state index contributed by atoms with van der Waals surface area (Å²) in [7, 11) is 0. The summed E-state index contributed by atoms with van der Waals surface area (Å²) < 4.78 is 0.372. The number of hydrogen-bond donors (Lipinski definition) is 1. The van der Waals surface area contributed by atoms with E-state index >= 15 is 0 Å². The number of Topliss-reactive ketones (excluding diaryl/α,β-unsaturated/α-hetero) is 1. The Kier molecular flexibility index (Phi) is 3.81. The number of ketones is 1. The second-order valence-electron chi connectivity index (χ2n) is 2.63. The van der Waals surface area contributed by atoms with E-state index in [-0.39, 0.29) is 10.9 Å². The fourth-order valence-electron chi connectivity index (χ4n) is 1.01. The molecule has 0 atom stereocenters. The van der Waals surface area contributed by atoms with Crippen LogP contribution in [0.25, 0.3) is 0 Å². The van der Waals surface area contributed by atoms with Crippen LogP contribution in [-0.4, -0.2) is 21.1 Å². The van der Waals surface area contributed by atoms with E-state index < -0.39 is 22.1 Å². The molecule has 1 N–H and O–H groups in total. The topological polar surface area (TPSA) is 80.4 Å². The lowest BCUT2D eigenvalue weighted by atomic mass is 10.1. The lowest BCUT2D eigenvalue weighted by Crippen LogP contribution is -2.02. The van der Waals surface area contributed by atoms with Crippen molar-refractivity contribution >= 4 is 43.3 Å². The molecule has 0 saturated heterocycles. The fourth-order valence-corrected chi connectivity index (χ4v) is 1.76. The van der Waals surface area contributed by atoms with Crippen LogP contribution in [0.3, 0.4) is 0 Å². The number of nitro groups is 1. The summed E-state index contributed by atoms with van der Waals surface area (Å²) in [6.45, 7) is 0. The van der Waals surface area contributed by atoms with Gasteiger partial charge in [-0.3, -0.25) is 14.9 Å². The summed E-state index contributed by atoms with van der Waals surface area (Å²) in [6, 6.07) is 2.48. The van der Waals surface area contributed by atoms with Crippen LogP contribution in [0.5, 0.6) is 5.75 Å². The van der Waals surface area contributed by atoms with Gasteiger partial charge in [0.05, 0.1) is 15.8 Å². The van der Waals surface area contributed by atoms with Gasteiger partial charge in [-0.15, -0.1) is 0 Å². The van der Waals surface area contributed by atoms with Crippen LogP contribution in [0.4, 0.5) is 5.69 Å². The molecule has 0 aromatic heterocycles. The number of carbonyl (C=O) groups excluding carboxylic acids is 1. The average molecular weight is 339 g/mol. The Morgan fingerprint density at radius 1 is 1.53 bits per heavy atom. The van der Waals surface area contributed by atoms with E-state index in [4.69, 9.17) is 0 Å². The number of alkyl halides is 1. The third-order valence-corrected chi connectivity index (χ3v) is 2.64. The summed E-state index contributed by atoms with van der Waals surface area (Å²) in [4.78, 5) is 21.1. The zero-order valence-electron chi connectivity index (χ0n) is 7.24. The molecule has 0 unspecified atom stereocenters. The highest BCUT2D eigenvalue weighted by Crippen LogP contribution is 2.33. The Labute approximate surface area is 102 Å². The van der Waals surface area contributed by atoms with Gasteiger partial charge in [0.2, 0.25) is 5.75 Å². The van der Waals surface area contributed by atoms with Crippen LogP contribution in [0.1, 0.15) is 10.4 Å². The molecule has 80 valence electrons. The first-order chi connectivity index (χ1) is 6.97. The maximum absolute atomic E-state index is 11.3. The number of phenols is 1. The summed E-state index contributed by atoms with van der Waals surface area (Å²) in [5.74, 6) is -1.02. The lowest BCUT2D eigenvalue weighted by molar-refractivity contribution is -0.386. The molecule has 0 saturated carbocycles. The zero-order valence-corrected chi connectivity index (χ0v) is 10.4. The van der Waals surface area contributed by atoms with Crippen molar-refractivity contribution in [2.24, 2.45) is 0 Å². The van der Waals surface area contributed by atoms with Crippen molar-refractivity contribution in [3.05, 3.63) is 32.3 Å². The maximum Gasteiger partial charge on any atom is 0.312 e. The van der Waals surface area contributed by atoms with E-state index in [0.717, 1.165) is 6.07 Å². The SMILES string of the molecule is O=C(CBr)c1cc(Br)cc([N+](=O)[O-])c1O. The Morgan fingerprint density at radius 2 is 2.13 bits per heavy atom. The molecule has 5 nitrogen and oxygen atoms in total. The van der Waals surface area contributed by atoms with Gasteiger partial charge in [-0.1, -0.05) is 31.9 Å². The van der Waals surface area contributed by atoms with E-state index in [1.54, 1.807) is 0 Å². The quantitative estimate of drug-likeness (QED) is 0.397. The molecule has 0 amide bonds. The first-order valence-corrected chi connectivity index (χ1v) is 5.65. The predicted molar refractivity (Wildman–Crippen MR) is 60.6 cm³/mol. The highest BCUT2D eigenvalue weighted by molar-refractivity contribution is 9.10. The molecule has 0 aliphatic heterocycles. The Balaban J connectivity index is 3.41. The number of aromatic hydroxyl groups is 1. The lowest BCUT2D eigenvalue weighted by Gasteiger charge is -2.03. The third-order valence-electron chi connectivity index (χ3n) is 1.67. The predicted octanol–water partition coefficient (Wildman–Crippen LogP) is 2.64. The van der Waals surface area contributed by atoms with Crippen LogP contribution in [0.2, 0.25) is 0 Å². The molecule has 1 aromatic carbocycles. The third kappa shape index (κ3) is 2.54. The molecule has 0 aliphatic rings. The van der Waals surface area contributed by atoms with Gasteiger partial charge in [0.25, 0.3) is 0 Å². The molecule has 0 aliphatic carbocycles. The summed E-state index contributed by atoms with van der Waals surface area (Å²) in [5.41, 5.74) is -0.568. The minimum absolute atomic E-state index is 0.00579. The molecule has 7 heteroatoms. The van der Waals surface area contributed by atoms with Crippen molar-refractivity contribution in [2.75, 3.05) is 5.33 Å². The van der Waals surface area contributed by atoms with Gasteiger partial charge in [-0.2, -0.15) is 0 Å². The number of rotatable bonds is 3. The van der Waals surface area contributed by atoms with E-state index in [1.165, 1.54) is 6.07 Å². The van der Waals surface area contributed by atoms with Gasteiger partial charge in [0.15, 0.2) is 5.78 Å². The van der Waals surface area contributed by atoms with Crippen molar-refractivity contribution in [2.45, 2.75) is 0 Å². The van der Waals surface area contributed by atoms with Crippen molar-refractivity contribution in [1.82, 2.24) is 0 Å². The number of phenolic OH excluding ortho intramolecular Hbond substituents is 1. The number of nitrogens with zero attached hydrogens (tertiary/aromatic N) is 1. The monoisotopic (exact) mass is 337 g/mol. The minimum Gasteiger partial charge on any atom is -0.502 e. The highest BCUT2D eigenvalue weighted by Gasteiger charge is 2.21. The van der Waals surface area contributed by atoms with Gasteiger partial charge in [-0.25, -0.2) is 0 Å². The van der Waals surface area contributed by atoms with Crippen LogP contribution >= 0.6 is 31.9 Å². The standard InChI is InChI=1S/C8H5Br2NO4/c9-3-7(12)5-1-4(10)2-6(8(5)13)11(14)15/h1-2,13H,3H2. The molecule has 0 fully saturated rings. The van der Waals surface area contributed by atoms with Gasteiger partial charge in [0, 0.05) is 10.5 Å². The molecule has 0 spiro atoms.